The maximum Gasteiger partial charge on any atom is 0.407 e. The zero-order chi connectivity index (χ0) is 21.4. The maximum atomic E-state index is 12.5. The third kappa shape index (κ3) is 3.44. The Morgan fingerprint density at radius 2 is 1.97 bits per heavy atom. The standard InChI is InChI=1S/C20H18F2N2O6/c1-10-6-13-8-14(17(19(25)26-3)23-29-20(21)22)18(10)30-24(13)11(2)12-4-5-15-16(7-12)28-9-27-15/h4-8,11,20H,9H2,1-3H3. The summed E-state index contributed by atoms with van der Waals surface area (Å²) in [6, 6.07) is 8.81. The smallest absolute Gasteiger partial charge is 0.407 e. The lowest BCUT2D eigenvalue weighted by molar-refractivity contribution is -0.136. The second-order valence-electron chi connectivity index (χ2n) is 6.64. The van der Waals surface area contributed by atoms with Crippen LogP contribution in [0.15, 0.2) is 35.5 Å². The van der Waals surface area contributed by atoms with Crippen molar-refractivity contribution >= 4 is 17.4 Å². The third-order valence-corrected chi connectivity index (χ3v) is 4.79. The highest BCUT2D eigenvalue weighted by atomic mass is 19.3. The number of methoxy groups -OCH3 is 1. The van der Waals surface area contributed by atoms with Crippen molar-refractivity contribution in [3.05, 3.63) is 47.0 Å². The summed E-state index contributed by atoms with van der Waals surface area (Å²) in [6.45, 7) is 0.696. The number of anilines is 1. The van der Waals surface area contributed by atoms with Crippen LogP contribution in [0.5, 0.6) is 17.2 Å². The lowest BCUT2D eigenvalue weighted by Gasteiger charge is -2.36. The second-order valence-corrected chi connectivity index (χ2v) is 6.64. The first-order chi connectivity index (χ1) is 14.4. The van der Waals surface area contributed by atoms with E-state index in [4.69, 9.17) is 14.3 Å². The van der Waals surface area contributed by atoms with Gasteiger partial charge in [-0.2, -0.15) is 8.78 Å². The third-order valence-electron chi connectivity index (χ3n) is 4.79. The monoisotopic (exact) mass is 420 g/mol. The fraction of sp³-hybridized carbons (Fsp3) is 0.300. The average molecular weight is 420 g/mol. The van der Waals surface area contributed by atoms with Gasteiger partial charge in [0.2, 0.25) is 6.79 Å². The number of alkyl halides is 2. The van der Waals surface area contributed by atoms with Gasteiger partial charge < -0.3 is 23.9 Å². The summed E-state index contributed by atoms with van der Waals surface area (Å²) < 4.78 is 40.3. The number of rotatable bonds is 6. The summed E-state index contributed by atoms with van der Waals surface area (Å²) in [7, 11) is 1.12. The van der Waals surface area contributed by atoms with E-state index in [1.807, 2.05) is 31.2 Å². The molecule has 0 spiro atoms. The molecule has 8 nitrogen and oxygen atoms in total. The molecule has 0 saturated carbocycles. The topological polar surface area (TPSA) is 78.8 Å². The molecule has 0 aromatic heterocycles. The molecular formula is C20H18F2N2O6. The number of carbonyl (C=O) groups is 1. The number of hydrogen-bond donors (Lipinski definition) is 0. The Balaban J connectivity index is 1.68. The molecule has 10 heteroatoms. The zero-order valence-corrected chi connectivity index (χ0v) is 16.3. The maximum absolute atomic E-state index is 12.5. The van der Waals surface area contributed by atoms with Crippen molar-refractivity contribution in [2.45, 2.75) is 26.5 Å². The Bertz CT molecular complexity index is 1030. The normalized spacial score (nSPS) is 15.3. The number of hydrogen-bond acceptors (Lipinski definition) is 8. The van der Waals surface area contributed by atoms with Crippen LogP contribution in [0.4, 0.5) is 14.5 Å². The molecule has 5 rings (SSSR count). The molecule has 0 saturated heterocycles. The number of halogens is 2. The molecule has 0 fully saturated rings. The summed E-state index contributed by atoms with van der Waals surface area (Å²) in [4.78, 5) is 22.1. The molecule has 2 bridgehead atoms. The van der Waals surface area contributed by atoms with E-state index in [1.165, 1.54) is 0 Å². The van der Waals surface area contributed by atoms with Gasteiger partial charge in [0.15, 0.2) is 23.0 Å². The molecule has 2 aromatic rings. The summed E-state index contributed by atoms with van der Waals surface area (Å²) >= 11 is 0. The molecule has 0 N–H and O–H groups in total. The van der Waals surface area contributed by atoms with Crippen LogP contribution in [0.25, 0.3) is 0 Å². The van der Waals surface area contributed by atoms with Gasteiger partial charge in [-0.3, -0.25) is 0 Å². The summed E-state index contributed by atoms with van der Waals surface area (Å²) in [5.41, 5.74) is 2.00. The summed E-state index contributed by atoms with van der Waals surface area (Å²) in [6.07, 6.45) is 0. The number of ether oxygens (including phenoxy) is 3. The van der Waals surface area contributed by atoms with Crippen molar-refractivity contribution in [2.75, 3.05) is 19.0 Å². The minimum atomic E-state index is -3.18. The van der Waals surface area contributed by atoms with Crippen LogP contribution in [-0.4, -0.2) is 32.2 Å². The number of carbonyl (C=O) groups excluding carboxylic acids is 1. The summed E-state index contributed by atoms with van der Waals surface area (Å²) in [5, 5.41) is 4.92. The Kier molecular flexibility index (Phi) is 5.06. The van der Waals surface area contributed by atoms with Crippen LogP contribution in [0.2, 0.25) is 0 Å². The van der Waals surface area contributed by atoms with Crippen molar-refractivity contribution < 1.29 is 37.5 Å². The van der Waals surface area contributed by atoms with E-state index in [1.54, 1.807) is 18.1 Å². The first kappa shape index (κ1) is 19.7. The lowest BCUT2D eigenvalue weighted by Crippen LogP contribution is -2.35. The average Bonchev–Trinajstić information content (AvgIpc) is 3.20. The van der Waals surface area contributed by atoms with Crippen LogP contribution in [0, 0.1) is 6.92 Å². The van der Waals surface area contributed by atoms with Gasteiger partial charge in [-0.25, -0.2) is 9.86 Å². The van der Waals surface area contributed by atoms with Gasteiger partial charge in [-0.05, 0) is 49.2 Å². The first-order valence-corrected chi connectivity index (χ1v) is 9.01. The van der Waals surface area contributed by atoms with Gasteiger partial charge in [0.1, 0.15) is 0 Å². The Labute approximate surface area is 170 Å². The molecule has 1 atom stereocenters. The first-order valence-electron chi connectivity index (χ1n) is 9.01. The molecule has 3 aliphatic heterocycles. The molecule has 1 unspecified atom stereocenters. The fourth-order valence-corrected chi connectivity index (χ4v) is 3.33. The Morgan fingerprint density at radius 1 is 1.20 bits per heavy atom. The molecule has 0 amide bonds. The van der Waals surface area contributed by atoms with E-state index in [2.05, 4.69) is 14.7 Å². The highest BCUT2D eigenvalue weighted by molar-refractivity contribution is 6.44. The van der Waals surface area contributed by atoms with Gasteiger partial charge in [0.25, 0.3) is 0 Å². The van der Waals surface area contributed by atoms with E-state index in [-0.39, 0.29) is 18.4 Å². The number of hydroxylamine groups is 1. The molecule has 0 aliphatic carbocycles. The van der Waals surface area contributed by atoms with Gasteiger partial charge >= 0.3 is 12.6 Å². The van der Waals surface area contributed by atoms with E-state index >= 15 is 0 Å². The largest absolute Gasteiger partial charge is 0.464 e. The highest BCUT2D eigenvalue weighted by Crippen LogP contribution is 2.42. The van der Waals surface area contributed by atoms with Gasteiger partial charge in [-0.1, -0.05) is 11.2 Å². The van der Waals surface area contributed by atoms with Gasteiger partial charge in [0.05, 0.1) is 24.4 Å². The molecule has 0 radical (unpaired) electrons. The predicted octanol–water partition coefficient (Wildman–Crippen LogP) is 3.72. The molecule has 2 aromatic carbocycles. The Morgan fingerprint density at radius 3 is 2.67 bits per heavy atom. The minimum absolute atomic E-state index is 0.174. The van der Waals surface area contributed by atoms with E-state index in [9.17, 15) is 13.6 Å². The zero-order valence-electron chi connectivity index (χ0n) is 16.3. The van der Waals surface area contributed by atoms with Crippen LogP contribution in [0.3, 0.4) is 0 Å². The number of nitrogens with zero attached hydrogens (tertiary/aromatic N) is 2. The van der Waals surface area contributed by atoms with Crippen molar-refractivity contribution in [1.82, 2.24) is 0 Å². The van der Waals surface area contributed by atoms with Gasteiger partial charge in [-0.15, -0.1) is 0 Å². The van der Waals surface area contributed by atoms with E-state index in [0.29, 0.717) is 28.5 Å². The van der Waals surface area contributed by atoms with E-state index in [0.717, 1.165) is 12.7 Å². The Hall–Kier alpha value is -3.56. The highest BCUT2D eigenvalue weighted by Gasteiger charge is 2.33. The second kappa shape index (κ2) is 7.69. The van der Waals surface area contributed by atoms with Crippen LogP contribution >= 0.6 is 0 Å². The van der Waals surface area contributed by atoms with Crippen LogP contribution in [-0.2, 0) is 14.4 Å². The number of oxime groups is 1. The van der Waals surface area contributed by atoms with Crippen molar-refractivity contribution in [1.29, 1.82) is 0 Å². The van der Waals surface area contributed by atoms with Gasteiger partial charge in [0, 0.05) is 0 Å². The van der Waals surface area contributed by atoms with Crippen molar-refractivity contribution in [2.24, 2.45) is 5.16 Å². The fourth-order valence-electron chi connectivity index (χ4n) is 3.33. The minimum Gasteiger partial charge on any atom is -0.464 e. The molecule has 30 heavy (non-hydrogen) atoms. The predicted molar refractivity (Wildman–Crippen MR) is 101 cm³/mol. The van der Waals surface area contributed by atoms with Crippen LogP contribution < -0.4 is 19.4 Å². The van der Waals surface area contributed by atoms with E-state index < -0.39 is 18.3 Å². The van der Waals surface area contributed by atoms with Crippen molar-refractivity contribution in [3.63, 3.8) is 0 Å². The van der Waals surface area contributed by atoms with Crippen LogP contribution in [0.1, 0.15) is 29.7 Å². The number of aryl methyl sites for hydroxylation is 1. The number of esters is 1. The molecule has 158 valence electrons. The number of benzene rings is 2. The molecular weight excluding hydrogens is 402 g/mol. The summed E-state index contributed by atoms with van der Waals surface area (Å²) in [5.74, 6) is 0.685. The SMILES string of the molecule is COC(=O)C(=NOC(F)F)c1cc2cc(C)c1ON2C(C)c1ccc2c(c1)OCO2. The lowest BCUT2D eigenvalue weighted by atomic mass is 10.0. The quantitative estimate of drug-likeness (QED) is 0.400. The molecule has 3 aliphatic rings. The van der Waals surface area contributed by atoms with Crippen molar-refractivity contribution in [3.8, 4) is 17.2 Å². The molecule has 3 heterocycles. The number of fused-ring (bicyclic) bond motifs is 4.